The first-order valence-electron chi connectivity index (χ1n) is 6.88. The van der Waals surface area contributed by atoms with Gasteiger partial charge in [0, 0.05) is 6.54 Å². The molecule has 0 saturated carbocycles. The van der Waals surface area contributed by atoms with Crippen molar-refractivity contribution in [3.05, 3.63) is 59.0 Å². The molecule has 3 rings (SSSR count). The molecule has 0 radical (unpaired) electrons. The van der Waals surface area contributed by atoms with Crippen LogP contribution in [0.2, 0.25) is 0 Å². The van der Waals surface area contributed by atoms with Crippen molar-refractivity contribution in [2.75, 3.05) is 6.54 Å². The first-order valence-corrected chi connectivity index (χ1v) is 6.88. The van der Waals surface area contributed by atoms with Crippen LogP contribution in [-0.2, 0) is 13.0 Å². The molecule has 0 unspecified atom stereocenters. The predicted molar refractivity (Wildman–Crippen MR) is 76.2 cm³/mol. The standard InChI is InChI=1S/C16H18N2O2/c1-11-14-5-3-2-4-12(14)8-9-18(11)16(19)15-7-6-13(10-17)20-15/h2-7,11H,8-10,17H2,1H3/t11-/m1/s1. The molecule has 20 heavy (non-hydrogen) atoms. The van der Waals surface area contributed by atoms with Crippen molar-refractivity contribution >= 4 is 5.91 Å². The number of fused-ring (bicyclic) bond motifs is 1. The molecule has 1 aromatic heterocycles. The van der Waals surface area contributed by atoms with Gasteiger partial charge in [0.05, 0.1) is 12.6 Å². The third-order valence-electron chi connectivity index (χ3n) is 3.93. The van der Waals surface area contributed by atoms with Gasteiger partial charge in [-0.3, -0.25) is 4.79 Å². The summed E-state index contributed by atoms with van der Waals surface area (Å²) in [6.07, 6.45) is 0.886. The van der Waals surface area contributed by atoms with E-state index in [1.54, 1.807) is 12.1 Å². The van der Waals surface area contributed by atoms with Crippen molar-refractivity contribution in [3.8, 4) is 0 Å². The molecule has 104 valence electrons. The molecule has 4 nitrogen and oxygen atoms in total. The number of carbonyl (C=O) groups excluding carboxylic acids is 1. The zero-order chi connectivity index (χ0) is 14.1. The number of nitrogens with two attached hydrogens (primary N) is 1. The highest BCUT2D eigenvalue weighted by molar-refractivity contribution is 5.92. The van der Waals surface area contributed by atoms with E-state index in [-0.39, 0.29) is 11.9 Å². The monoisotopic (exact) mass is 270 g/mol. The van der Waals surface area contributed by atoms with Gasteiger partial charge in [0.1, 0.15) is 5.76 Å². The molecule has 2 heterocycles. The second-order valence-corrected chi connectivity index (χ2v) is 5.09. The molecule has 1 amide bonds. The molecule has 0 fully saturated rings. The lowest BCUT2D eigenvalue weighted by molar-refractivity contribution is 0.0643. The maximum Gasteiger partial charge on any atom is 0.290 e. The Bertz CT molecular complexity index is 633. The Morgan fingerprint density at radius 2 is 2.15 bits per heavy atom. The molecular formula is C16H18N2O2. The van der Waals surface area contributed by atoms with Crippen LogP contribution in [0.25, 0.3) is 0 Å². The second kappa shape index (κ2) is 5.13. The van der Waals surface area contributed by atoms with E-state index in [9.17, 15) is 4.79 Å². The molecule has 1 aromatic carbocycles. The number of nitrogens with zero attached hydrogens (tertiary/aromatic N) is 1. The Balaban J connectivity index is 1.86. The van der Waals surface area contributed by atoms with Gasteiger partial charge in [-0.15, -0.1) is 0 Å². The molecule has 0 aliphatic carbocycles. The van der Waals surface area contributed by atoms with Crippen LogP contribution in [0, 0.1) is 0 Å². The number of hydrogen-bond donors (Lipinski definition) is 1. The zero-order valence-corrected chi connectivity index (χ0v) is 11.5. The fourth-order valence-corrected chi connectivity index (χ4v) is 2.79. The highest BCUT2D eigenvalue weighted by atomic mass is 16.4. The van der Waals surface area contributed by atoms with Gasteiger partial charge in [-0.2, -0.15) is 0 Å². The SMILES string of the molecule is C[C@@H]1c2ccccc2CCN1C(=O)c1ccc(CN)o1. The van der Waals surface area contributed by atoms with E-state index in [1.807, 2.05) is 17.0 Å². The summed E-state index contributed by atoms with van der Waals surface area (Å²) in [4.78, 5) is 14.4. The van der Waals surface area contributed by atoms with E-state index < -0.39 is 0 Å². The lowest BCUT2D eigenvalue weighted by atomic mass is 9.93. The van der Waals surface area contributed by atoms with Gasteiger partial charge in [-0.05, 0) is 36.6 Å². The largest absolute Gasteiger partial charge is 0.455 e. The van der Waals surface area contributed by atoms with Gasteiger partial charge in [0.2, 0.25) is 0 Å². The first-order chi connectivity index (χ1) is 9.70. The fourth-order valence-electron chi connectivity index (χ4n) is 2.79. The van der Waals surface area contributed by atoms with Crippen molar-refractivity contribution in [2.24, 2.45) is 5.73 Å². The van der Waals surface area contributed by atoms with Crippen LogP contribution in [-0.4, -0.2) is 17.4 Å². The number of carbonyl (C=O) groups is 1. The van der Waals surface area contributed by atoms with Crippen molar-refractivity contribution in [3.63, 3.8) is 0 Å². The Hall–Kier alpha value is -2.07. The summed E-state index contributed by atoms with van der Waals surface area (Å²) in [5.41, 5.74) is 8.06. The Labute approximate surface area is 118 Å². The number of amides is 1. The van der Waals surface area contributed by atoms with Gasteiger partial charge in [0.15, 0.2) is 5.76 Å². The van der Waals surface area contributed by atoms with Crippen LogP contribution in [0.4, 0.5) is 0 Å². The minimum atomic E-state index is -0.0632. The Morgan fingerprint density at radius 3 is 2.90 bits per heavy atom. The predicted octanol–water partition coefficient (Wildman–Crippen LogP) is 2.50. The number of furan rings is 1. The van der Waals surface area contributed by atoms with E-state index in [0.717, 1.165) is 13.0 Å². The summed E-state index contributed by atoms with van der Waals surface area (Å²) in [6, 6.07) is 11.8. The highest BCUT2D eigenvalue weighted by Crippen LogP contribution is 2.30. The lowest BCUT2D eigenvalue weighted by Crippen LogP contribution is -2.38. The molecule has 4 heteroatoms. The quantitative estimate of drug-likeness (QED) is 0.912. The van der Waals surface area contributed by atoms with Crippen molar-refractivity contribution in [1.82, 2.24) is 4.90 Å². The van der Waals surface area contributed by atoms with E-state index in [2.05, 4.69) is 19.1 Å². The average molecular weight is 270 g/mol. The Morgan fingerprint density at radius 1 is 1.35 bits per heavy atom. The van der Waals surface area contributed by atoms with Crippen molar-refractivity contribution in [1.29, 1.82) is 0 Å². The second-order valence-electron chi connectivity index (χ2n) is 5.09. The topological polar surface area (TPSA) is 59.5 Å². The van der Waals surface area contributed by atoms with Crippen molar-refractivity contribution in [2.45, 2.75) is 25.9 Å². The average Bonchev–Trinajstić information content (AvgIpc) is 2.96. The van der Waals surface area contributed by atoms with Crippen LogP contribution in [0.5, 0.6) is 0 Å². The van der Waals surface area contributed by atoms with E-state index in [4.69, 9.17) is 10.2 Å². The lowest BCUT2D eigenvalue weighted by Gasteiger charge is -2.34. The molecule has 0 saturated heterocycles. The Kier molecular flexibility index (Phi) is 3.32. The van der Waals surface area contributed by atoms with Crippen LogP contribution in [0.1, 0.15) is 40.4 Å². The first kappa shape index (κ1) is 12.9. The molecule has 2 N–H and O–H groups in total. The van der Waals surface area contributed by atoms with E-state index in [1.165, 1.54) is 11.1 Å². The summed E-state index contributed by atoms with van der Waals surface area (Å²) in [6.45, 7) is 3.09. The molecule has 1 aliphatic rings. The van der Waals surface area contributed by atoms with Crippen LogP contribution in [0.15, 0.2) is 40.8 Å². The molecule has 0 bridgehead atoms. The molecular weight excluding hydrogens is 252 g/mol. The summed E-state index contributed by atoms with van der Waals surface area (Å²) in [5.74, 6) is 0.946. The number of hydrogen-bond acceptors (Lipinski definition) is 3. The van der Waals surface area contributed by atoms with Crippen LogP contribution in [0.3, 0.4) is 0 Å². The number of benzene rings is 1. The van der Waals surface area contributed by atoms with Crippen LogP contribution >= 0.6 is 0 Å². The zero-order valence-electron chi connectivity index (χ0n) is 11.5. The van der Waals surface area contributed by atoms with Crippen LogP contribution < -0.4 is 5.73 Å². The maximum atomic E-state index is 12.5. The fraction of sp³-hybridized carbons (Fsp3) is 0.312. The van der Waals surface area contributed by atoms with Gasteiger partial charge in [0.25, 0.3) is 5.91 Å². The van der Waals surface area contributed by atoms with E-state index in [0.29, 0.717) is 18.1 Å². The molecule has 1 aliphatic heterocycles. The molecule has 2 aromatic rings. The highest BCUT2D eigenvalue weighted by Gasteiger charge is 2.29. The third kappa shape index (κ3) is 2.12. The minimum absolute atomic E-state index is 0.0632. The van der Waals surface area contributed by atoms with Gasteiger partial charge in [-0.1, -0.05) is 24.3 Å². The number of rotatable bonds is 2. The maximum absolute atomic E-state index is 12.5. The van der Waals surface area contributed by atoms with Gasteiger partial charge >= 0.3 is 0 Å². The molecule has 0 spiro atoms. The summed E-state index contributed by atoms with van der Waals surface area (Å²) < 4.78 is 5.47. The van der Waals surface area contributed by atoms with E-state index >= 15 is 0 Å². The van der Waals surface area contributed by atoms with Gasteiger partial charge in [-0.25, -0.2) is 0 Å². The smallest absolute Gasteiger partial charge is 0.290 e. The third-order valence-corrected chi connectivity index (χ3v) is 3.93. The van der Waals surface area contributed by atoms with Gasteiger partial charge < -0.3 is 15.1 Å². The normalized spacial score (nSPS) is 17.9. The minimum Gasteiger partial charge on any atom is -0.455 e. The van der Waals surface area contributed by atoms with Crippen molar-refractivity contribution < 1.29 is 9.21 Å². The molecule has 1 atom stereocenters. The summed E-state index contributed by atoms with van der Waals surface area (Å²) in [5, 5.41) is 0. The summed E-state index contributed by atoms with van der Waals surface area (Å²) in [7, 11) is 0. The summed E-state index contributed by atoms with van der Waals surface area (Å²) >= 11 is 0.